The molecule has 0 saturated heterocycles. The normalized spacial score (nSPS) is 26.5. The molecule has 2 atom stereocenters. The first-order chi connectivity index (χ1) is 9.92. The van der Waals surface area contributed by atoms with Gasteiger partial charge in [0.05, 0.1) is 21.9 Å². The molecule has 1 fully saturated rings. The number of nitrogens with one attached hydrogen (secondary N) is 1. The van der Waals surface area contributed by atoms with E-state index in [1.807, 2.05) is 12.1 Å². The topological polar surface area (TPSA) is 46.2 Å². The first-order valence-corrected chi connectivity index (χ1v) is 9.77. The number of para-hydroxylation sites is 1. The van der Waals surface area contributed by atoms with Crippen LogP contribution in [0.2, 0.25) is 0 Å². The Labute approximate surface area is 133 Å². The molecule has 5 heteroatoms. The van der Waals surface area contributed by atoms with Crippen LogP contribution in [0.1, 0.15) is 39.5 Å². The Morgan fingerprint density at radius 2 is 2.10 bits per heavy atom. The maximum absolute atomic E-state index is 12.2. The molecule has 0 aliphatic heterocycles. The fraction of sp³-hybridized carbons (Fsp3) is 0.625. The molecule has 1 aromatic rings. The molecule has 21 heavy (non-hydrogen) atoms. The van der Waals surface area contributed by atoms with Crippen molar-refractivity contribution in [1.82, 2.24) is 0 Å². The van der Waals surface area contributed by atoms with Crippen LogP contribution in [-0.2, 0) is 9.84 Å². The lowest BCUT2D eigenvalue weighted by atomic mass is 9.77. The van der Waals surface area contributed by atoms with Crippen LogP contribution >= 0.6 is 11.6 Å². The second kappa shape index (κ2) is 6.57. The maximum Gasteiger partial charge on any atom is 0.180 e. The minimum absolute atomic E-state index is 0.107. The van der Waals surface area contributed by atoms with Gasteiger partial charge in [-0.25, -0.2) is 8.42 Å². The van der Waals surface area contributed by atoms with Gasteiger partial charge < -0.3 is 5.32 Å². The van der Waals surface area contributed by atoms with Crippen LogP contribution in [0.5, 0.6) is 0 Å². The summed E-state index contributed by atoms with van der Waals surface area (Å²) in [5.41, 5.74) is 0.493. The van der Waals surface area contributed by atoms with Crippen molar-refractivity contribution in [2.75, 3.05) is 16.9 Å². The maximum atomic E-state index is 12.2. The van der Waals surface area contributed by atoms with Gasteiger partial charge in [0.1, 0.15) is 0 Å². The Hall–Kier alpha value is -0.740. The van der Waals surface area contributed by atoms with Crippen LogP contribution < -0.4 is 5.32 Å². The van der Waals surface area contributed by atoms with Gasteiger partial charge in [-0.05, 0) is 30.9 Å². The fourth-order valence-electron chi connectivity index (χ4n) is 3.21. The number of anilines is 1. The first kappa shape index (κ1) is 16.6. The summed E-state index contributed by atoms with van der Waals surface area (Å²) in [6.45, 7) is 3.91. The molecule has 1 aliphatic rings. The lowest BCUT2D eigenvalue weighted by Crippen LogP contribution is -2.44. The Bertz CT molecular complexity index is 588. The Kier molecular flexibility index (Phi) is 5.20. The van der Waals surface area contributed by atoms with Gasteiger partial charge in [-0.1, -0.05) is 38.8 Å². The number of rotatable bonds is 5. The van der Waals surface area contributed by atoms with Crippen molar-refractivity contribution in [2.45, 2.75) is 50.0 Å². The molecule has 1 aliphatic carbocycles. The lowest BCUT2D eigenvalue weighted by molar-refractivity contribution is 0.279. The molecular formula is C16H24ClNO2S. The summed E-state index contributed by atoms with van der Waals surface area (Å²) in [5.74, 6) is 1.22. The smallest absolute Gasteiger partial charge is 0.180 e. The first-order valence-electron chi connectivity index (χ1n) is 7.58. The number of hydrogen-bond acceptors (Lipinski definition) is 3. The summed E-state index contributed by atoms with van der Waals surface area (Å²) in [5, 5.41) is 3.47. The number of alkyl halides is 1. The van der Waals surface area contributed by atoms with Gasteiger partial charge in [-0.3, -0.25) is 0 Å². The molecule has 0 aromatic heterocycles. The molecule has 2 rings (SSSR count). The van der Waals surface area contributed by atoms with Crippen molar-refractivity contribution in [2.24, 2.45) is 5.92 Å². The molecule has 3 nitrogen and oxygen atoms in total. The van der Waals surface area contributed by atoms with E-state index in [1.54, 1.807) is 19.1 Å². The molecule has 1 aromatic carbocycles. The van der Waals surface area contributed by atoms with Gasteiger partial charge in [0, 0.05) is 5.88 Å². The Balaban J connectivity index is 2.35. The van der Waals surface area contributed by atoms with Gasteiger partial charge >= 0.3 is 0 Å². The number of benzene rings is 1. The van der Waals surface area contributed by atoms with Crippen molar-refractivity contribution in [3.05, 3.63) is 24.3 Å². The molecule has 0 spiro atoms. The van der Waals surface area contributed by atoms with Crippen LogP contribution in [0.25, 0.3) is 0 Å². The molecule has 1 saturated carbocycles. The highest BCUT2D eigenvalue weighted by Gasteiger charge is 2.35. The highest BCUT2D eigenvalue weighted by atomic mass is 35.5. The zero-order valence-corrected chi connectivity index (χ0v) is 14.3. The zero-order valence-electron chi connectivity index (χ0n) is 12.7. The monoisotopic (exact) mass is 329 g/mol. The van der Waals surface area contributed by atoms with E-state index in [1.165, 1.54) is 6.42 Å². The van der Waals surface area contributed by atoms with Crippen molar-refractivity contribution in [3.8, 4) is 0 Å². The van der Waals surface area contributed by atoms with Crippen molar-refractivity contribution in [1.29, 1.82) is 0 Å². The second-order valence-corrected chi connectivity index (χ2v) is 8.65. The van der Waals surface area contributed by atoms with Crippen LogP contribution in [0, 0.1) is 5.92 Å². The summed E-state index contributed by atoms with van der Waals surface area (Å²) in [6, 6.07) is 7.15. The second-order valence-electron chi connectivity index (χ2n) is 6.14. The zero-order chi connectivity index (χ0) is 15.5. The van der Waals surface area contributed by atoms with E-state index in [-0.39, 0.29) is 11.3 Å². The van der Waals surface area contributed by atoms with Gasteiger partial charge in [0.15, 0.2) is 9.84 Å². The van der Waals surface area contributed by atoms with E-state index in [0.717, 1.165) is 19.3 Å². The third-order valence-corrected chi connectivity index (χ3v) is 6.65. The lowest BCUT2D eigenvalue weighted by Gasteiger charge is -2.40. The third kappa shape index (κ3) is 3.72. The van der Waals surface area contributed by atoms with Gasteiger partial charge in [0.2, 0.25) is 0 Å². The van der Waals surface area contributed by atoms with E-state index in [4.69, 9.17) is 11.6 Å². The largest absolute Gasteiger partial charge is 0.377 e. The average Bonchev–Trinajstić information content (AvgIpc) is 2.47. The summed E-state index contributed by atoms with van der Waals surface area (Å²) in [7, 11) is -3.23. The van der Waals surface area contributed by atoms with Crippen LogP contribution in [0.3, 0.4) is 0 Å². The molecule has 0 heterocycles. The van der Waals surface area contributed by atoms with Gasteiger partial charge in [-0.2, -0.15) is 0 Å². The standard InChI is InChI=1S/C16H24ClNO2S/c1-3-21(19,20)15-9-5-4-8-14(15)18-16(12-17)10-6-7-13(2)11-16/h4-5,8-9,13,18H,3,6-7,10-12H2,1-2H3. The van der Waals surface area contributed by atoms with Gasteiger partial charge in [0.25, 0.3) is 0 Å². The van der Waals surface area contributed by atoms with Crippen LogP contribution in [0.4, 0.5) is 5.69 Å². The Morgan fingerprint density at radius 3 is 2.71 bits per heavy atom. The predicted molar refractivity (Wildman–Crippen MR) is 88.9 cm³/mol. The molecule has 118 valence electrons. The van der Waals surface area contributed by atoms with E-state index in [9.17, 15) is 8.42 Å². The predicted octanol–water partition coefficient (Wildman–Crippen LogP) is 4.08. The molecular weight excluding hydrogens is 306 g/mol. The van der Waals surface area contributed by atoms with Gasteiger partial charge in [-0.15, -0.1) is 11.6 Å². The van der Waals surface area contributed by atoms with E-state index in [0.29, 0.717) is 22.4 Å². The molecule has 1 N–H and O–H groups in total. The summed E-state index contributed by atoms with van der Waals surface area (Å²) in [6.07, 6.45) is 4.32. The SMILES string of the molecule is CCS(=O)(=O)c1ccccc1NC1(CCl)CCCC(C)C1. The summed E-state index contributed by atoms with van der Waals surface area (Å²) >= 11 is 6.24. The third-order valence-electron chi connectivity index (χ3n) is 4.35. The molecule has 0 radical (unpaired) electrons. The van der Waals surface area contributed by atoms with Crippen LogP contribution in [0.15, 0.2) is 29.2 Å². The number of halogens is 1. The van der Waals surface area contributed by atoms with Crippen LogP contribution in [-0.4, -0.2) is 25.6 Å². The average molecular weight is 330 g/mol. The van der Waals surface area contributed by atoms with E-state index < -0.39 is 9.84 Å². The van der Waals surface area contributed by atoms with Crippen molar-refractivity contribution >= 4 is 27.1 Å². The molecule has 2 unspecified atom stereocenters. The van der Waals surface area contributed by atoms with Crippen molar-refractivity contribution in [3.63, 3.8) is 0 Å². The molecule has 0 bridgehead atoms. The van der Waals surface area contributed by atoms with E-state index >= 15 is 0 Å². The van der Waals surface area contributed by atoms with Crippen molar-refractivity contribution < 1.29 is 8.42 Å². The fourth-order valence-corrected chi connectivity index (χ4v) is 4.57. The number of hydrogen-bond donors (Lipinski definition) is 1. The number of sulfone groups is 1. The summed E-state index contributed by atoms with van der Waals surface area (Å²) in [4.78, 5) is 0.384. The highest BCUT2D eigenvalue weighted by Crippen LogP contribution is 2.37. The quantitative estimate of drug-likeness (QED) is 0.828. The molecule has 0 amide bonds. The summed E-state index contributed by atoms with van der Waals surface area (Å²) < 4.78 is 24.5. The minimum Gasteiger partial charge on any atom is -0.377 e. The highest BCUT2D eigenvalue weighted by molar-refractivity contribution is 7.91. The minimum atomic E-state index is -3.23. The Morgan fingerprint density at radius 1 is 1.38 bits per heavy atom. The van der Waals surface area contributed by atoms with E-state index in [2.05, 4.69) is 12.2 Å².